The summed E-state index contributed by atoms with van der Waals surface area (Å²) in [5, 5.41) is 7.89. The van der Waals surface area contributed by atoms with Crippen molar-refractivity contribution in [2.75, 3.05) is 6.61 Å². The zero-order valence-corrected chi connectivity index (χ0v) is 10.1. The molecule has 0 aromatic heterocycles. The Hall–Kier alpha value is 0.0531. The van der Waals surface area contributed by atoms with Crippen LogP contribution in [0.15, 0.2) is 12.2 Å². The van der Waals surface area contributed by atoms with Crippen LogP contribution in [0, 0.1) is 0 Å². The zero-order chi connectivity index (χ0) is 9.98. The first kappa shape index (κ1) is 14.6. The molecule has 12 heavy (non-hydrogen) atoms. The van der Waals surface area contributed by atoms with E-state index < -0.39 is 5.97 Å². The predicted molar refractivity (Wildman–Crippen MR) is 43.3 cm³/mol. The van der Waals surface area contributed by atoms with E-state index in [0.717, 1.165) is 6.61 Å². The van der Waals surface area contributed by atoms with Gasteiger partial charge in [0.1, 0.15) is 0 Å². The van der Waals surface area contributed by atoms with E-state index >= 15 is 0 Å². The summed E-state index contributed by atoms with van der Waals surface area (Å²) in [5.74, 6) is -0.935. The predicted octanol–water partition coefficient (Wildman–Crippen LogP) is 1.91. The van der Waals surface area contributed by atoms with Gasteiger partial charge in [0.15, 0.2) is 0 Å². The normalized spacial score (nSPS) is 8.08. The second kappa shape index (κ2) is 11.1. The Morgan fingerprint density at radius 1 is 1.67 bits per heavy atom. The molecule has 0 aliphatic heterocycles. The minimum absolute atomic E-state index is 0.176. The molecule has 0 unspecified atom stereocenters. The van der Waals surface area contributed by atoms with Crippen molar-refractivity contribution in [3.63, 3.8) is 0 Å². The van der Waals surface area contributed by atoms with Crippen molar-refractivity contribution in [2.45, 2.75) is 26.7 Å². The number of aliphatic carboxylic acids is 1. The third kappa shape index (κ3) is 16.6. The molecule has 0 radical (unpaired) electrons. The summed E-state index contributed by atoms with van der Waals surface area (Å²) >= 11 is 1.19. The Morgan fingerprint density at radius 3 is 2.17 bits per heavy atom. The monoisotopic (exact) mass is 249 g/mol. The van der Waals surface area contributed by atoms with Crippen LogP contribution in [0.4, 0.5) is 0 Å². The molecule has 0 fully saturated rings. The molecule has 0 aromatic rings. The summed E-state index contributed by atoms with van der Waals surface area (Å²) in [4.78, 5) is 9.60. The number of hydrogen-bond donors (Lipinski definition) is 1. The topological polar surface area (TPSA) is 46.5 Å². The fourth-order valence-corrected chi connectivity index (χ4v) is 0.571. The number of carbonyl (C=O) groups is 1. The van der Waals surface area contributed by atoms with Crippen molar-refractivity contribution in [3.8, 4) is 0 Å². The Balaban J connectivity index is 0. The maximum absolute atomic E-state index is 9.60. The average molecular weight is 250 g/mol. The van der Waals surface area contributed by atoms with Gasteiger partial charge in [-0.2, -0.15) is 0 Å². The Labute approximate surface area is 89.3 Å². The second-order valence-corrected chi connectivity index (χ2v) is 3.00. The molecule has 0 spiro atoms. The summed E-state index contributed by atoms with van der Waals surface area (Å²) in [6.45, 7) is 7.72. The van der Waals surface area contributed by atoms with Crippen LogP contribution in [0.2, 0.25) is 0 Å². The molecule has 4 heteroatoms. The standard InChI is InChI=1S/C4H6O2.C4H9O.Zr/c1-3(2)4(5)6;1-2-3-4-5;/h1H2,2H3,(H,5,6);2-4H2,1H3;/q;-1;+1. The fraction of sp³-hybridized carbons (Fsp3) is 0.625. The molecule has 0 aromatic carbocycles. The van der Waals surface area contributed by atoms with Crippen molar-refractivity contribution in [3.05, 3.63) is 12.2 Å². The van der Waals surface area contributed by atoms with Crippen LogP contribution in [0.25, 0.3) is 0 Å². The number of carboxylic acids is 1. The molecule has 0 heterocycles. The van der Waals surface area contributed by atoms with Gasteiger partial charge in [-0.15, -0.1) is 0 Å². The van der Waals surface area contributed by atoms with Crippen molar-refractivity contribution in [1.82, 2.24) is 0 Å². The molecular formula is C8H15O3Zr. The molecule has 69 valence electrons. The molecule has 0 bridgehead atoms. The summed E-state index contributed by atoms with van der Waals surface area (Å²) in [7, 11) is 0. The van der Waals surface area contributed by atoms with Gasteiger partial charge in [-0.25, -0.2) is 4.79 Å². The fourth-order valence-electron chi connectivity index (χ4n) is 0.217. The zero-order valence-electron chi connectivity index (χ0n) is 7.59. The van der Waals surface area contributed by atoms with E-state index in [9.17, 15) is 4.79 Å². The molecular weight excluding hydrogens is 235 g/mol. The van der Waals surface area contributed by atoms with Crippen molar-refractivity contribution in [2.24, 2.45) is 0 Å². The van der Waals surface area contributed by atoms with Gasteiger partial charge in [0.25, 0.3) is 0 Å². The summed E-state index contributed by atoms with van der Waals surface area (Å²) in [6.07, 6.45) is 2.46. The minimum atomic E-state index is -0.935. The first-order valence-electron chi connectivity index (χ1n) is 3.73. The van der Waals surface area contributed by atoms with Gasteiger partial charge in [-0.3, -0.25) is 0 Å². The SMILES string of the molecule is C=C(C)C(=O)O.CCCC[O][Zr]. The van der Waals surface area contributed by atoms with Crippen LogP contribution in [0.5, 0.6) is 0 Å². The molecule has 0 rings (SSSR count). The Bertz CT molecular complexity index is 118. The van der Waals surface area contributed by atoms with Crippen LogP contribution in [0.3, 0.4) is 0 Å². The Kier molecular flexibility index (Phi) is 13.4. The first-order chi connectivity index (χ1) is 5.56. The van der Waals surface area contributed by atoms with E-state index in [1.54, 1.807) is 0 Å². The molecule has 0 aliphatic carbocycles. The van der Waals surface area contributed by atoms with Crippen LogP contribution in [-0.2, 0) is 32.8 Å². The van der Waals surface area contributed by atoms with Crippen molar-refractivity contribution >= 4 is 5.97 Å². The van der Waals surface area contributed by atoms with Gasteiger partial charge in [-0.1, -0.05) is 6.58 Å². The van der Waals surface area contributed by atoms with Gasteiger partial charge >= 0.3 is 60.3 Å². The molecule has 0 amide bonds. The molecule has 0 saturated carbocycles. The third-order valence-electron chi connectivity index (χ3n) is 0.965. The molecule has 0 atom stereocenters. The Morgan fingerprint density at radius 2 is 2.08 bits per heavy atom. The van der Waals surface area contributed by atoms with Gasteiger partial charge < -0.3 is 5.11 Å². The number of carboxylic acid groups (broad SMARTS) is 1. The van der Waals surface area contributed by atoms with Gasteiger partial charge in [0.2, 0.25) is 0 Å². The summed E-state index contributed by atoms with van der Waals surface area (Å²) in [6, 6.07) is 0. The average Bonchev–Trinajstić information content (AvgIpc) is 2.02. The molecule has 1 N–H and O–H groups in total. The van der Waals surface area contributed by atoms with Crippen LogP contribution >= 0.6 is 0 Å². The summed E-state index contributed by atoms with van der Waals surface area (Å²) < 4.78 is 4.87. The van der Waals surface area contributed by atoms with E-state index in [4.69, 9.17) is 7.92 Å². The van der Waals surface area contributed by atoms with Gasteiger partial charge in [-0.05, 0) is 6.92 Å². The van der Waals surface area contributed by atoms with Crippen molar-refractivity contribution in [1.29, 1.82) is 0 Å². The van der Waals surface area contributed by atoms with E-state index in [1.807, 2.05) is 0 Å². The van der Waals surface area contributed by atoms with E-state index in [-0.39, 0.29) is 5.57 Å². The van der Waals surface area contributed by atoms with E-state index in [2.05, 4.69) is 13.5 Å². The maximum atomic E-state index is 9.60. The van der Waals surface area contributed by atoms with Crippen LogP contribution in [-0.4, -0.2) is 17.7 Å². The number of rotatable bonds is 4. The molecule has 3 nitrogen and oxygen atoms in total. The van der Waals surface area contributed by atoms with Crippen LogP contribution < -0.4 is 0 Å². The first-order valence-corrected chi connectivity index (χ1v) is 4.73. The number of unbranched alkanes of at least 4 members (excludes halogenated alkanes) is 1. The molecule has 0 aliphatic rings. The third-order valence-corrected chi connectivity index (χ3v) is 1.47. The quantitative estimate of drug-likeness (QED) is 0.612. The van der Waals surface area contributed by atoms with E-state index in [1.165, 1.54) is 44.9 Å². The second-order valence-electron chi connectivity index (χ2n) is 2.29. The van der Waals surface area contributed by atoms with E-state index in [0.29, 0.717) is 0 Å². The number of hydrogen-bond acceptors (Lipinski definition) is 2. The van der Waals surface area contributed by atoms with Gasteiger partial charge in [0.05, 0.1) is 0 Å². The van der Waals surface area contributed by atoms with Gasteiger partial charge in [0, 0.05) is 5.57 Å². The van der Waals surface area contributed by atoms with Crippen LogP contribution in [0.1, 0.15) is 26.7 Å². The molecule has 0 saturated heterocycles. The summed E-state index contributed by atoms with van der Waals surface area (Å²) in [5.41, 5.74) is 0.176. The van der Waals surface area contributed by atoms with Crippen molar-refractivity contribution < 1.29 is 37.9 Å².